The maximum atomic E-state index is 14.0. The number of fused-ring (bicyclic) bond motifs is 1. The topological polar surface area (TPSA) is 75.7 Å². The van der Waals surface area contributed by atoms with Crippen molar-refractivity contribution in [1.82, 2.24) is 14.8 Å². The van der Waals surface area contributed by atoms with Crippen LogP contribution in [-0.4, -0.2) is 36.8 Å². The van der Waals surface area contributed by atoms with Gasteiger partial charge < -0.3 is 5.11 Å². The highest BCUT2D eigenvalue weighted by Gasteiger charge is 2.29. The molecule has 3 aromatic rings. The lowest BCUT2D eigenvalue weighted by atomic mass is 9.87. The van der Waals surface area contributed by atoms with Gasteiger partial charge in [0.25, 0.3) is 0 Å². The molecule has 14 heteroatoms. The lowest BCUT2D eigenvalue weighted by molar-refractivity contribution is 0.282. The van der Waals surface area contributed by atoms with Crippen LogP contribution in [0.2, 0.25) is 0 Å². The minimum Gasteiger partial charge on any atom is -0.396 e. The highest BCUT2D eigenvalue weighted by Crippen LogP contribution is 2.35. The number of aryl methyl sites for hydroxylation is 1. The zero-order valence-electron chi connectivity index (χ0n) is 21.5. The van der Waals surface area contributed by atoms with Crippen molar-refractivity contribution < 1.29 is 31.4 Å². The van der Waals surface area contributed by atoms with Crippen LogP contribution in [0.4, 0.5) is 26.3 Å². The average molecular weight is 709 g/mol. The van der Waals surface area contributed by atoms with E-state index in [0.29, 0.717) is 59.5 Å². The van der Waals surface area contributed by atoms with Crippen LogP contribution in [0.3, 0.4) is 0 Å². The lowest BCUT2D eigenvalue weighted by Gasteiger charge is -2.18. The number of hydrogen-bond donors (Lipinski definition) is 1. The molecule has 0 saturated carbocycles. The molecule has 0 aliphatic carbocycles. The first-order valence-electron chi connectivity index (χ1n) is 12.9. The predicted molar refractivity (Wildman–Crippen MR) is 148 cm³/mol. The summed E-state index contributed by atoms with van der Waals surface area (Å²) < 4.78 is 83.7. The number of nitrogens with zero attached hydrogens (tertiary/aromatic N) is 5. The van der Waals surface area contributed by atoms with Gasteiger partial charge in [-0.1, -0.05) is 25.0 Å². The van der Waals surface area contributed by atoms with Crippen molar-refractivity contribution in [2.75, 3.05) is 6.61 Å². The van der Waals surface area contributed by atoms with Gasteiger partial charge in [0.2, 0.25) is 4.73 Å². The molecule has 1 N–H and O–H groups in total. The Morgan fingerprint density at radius 2 is 1.59 bits per heavy atom. The molecule has 0 radical (unpaired) electrons. The monoisotopic (exact) mass is 707 g/mol. The SMILES string of the molecule is Fc1ccc(C2CCCCn3nc(Br)nc32)c(F)c1F.OCCCCC(C1=NN=C(Br)C1)c1ccc(F)c(F)c1F. The van der Waals surface area contributed by atoms with E-state index < -0.39 is 46.7 Å². The smallest absolute Gasteiger partial charge is 0.217 e. The maximum Gasteiger partial charge on any atom is 0.217 e. The molecule has 1 aromatic heterocycles. The molecule has 0 saturated heterocycles. The first-order valence-corrected chi connectivity index (χ1v) is 14.5. The second-order valence-electron chi connectivity index (χ2n) is 9.56. The van der Waals surface area contributed by atoms with Gasteiger partial charge >= 0.3 is 0 Å². The van der Waals surface area contributed by atoms with Crippen LogP contribution in [-0.2, 0) is 6.54 Å². The van der Waals surface area contributed by atoms with E-state index in [1.165, 1.54) is 12.1 Å². The van der Waals surface area contributed by atoms with Crippen molar-refractivity contribution in [3.05, 3.63) is 80.9 Å². The predicted octanol–water partition coefficient (Wildman–Crippen LogP) is 7.68. The third-order valence-corrected chi connectivity index (χ3v) is 7.67. The minimum atomic E-state index is -1.47. The normalized spacial score (nSPS) is 17.2. The molecule has 0 bridgehead atoms. The van der Waals surface area contributed by atoms with Crippen LogP contribution in [0.15, 0.2) is 39.2 Å². The second-order valence-corrected chi connectivity index (χ2v) is 11.2. The standard InChI is InChI=1S/C14H14BrF3N2O.C13H11BrF3N3/c15-12-7-11(19-20-12)8(3-1-2-6-21)9-4-5-10(16)14(18)13(9)17;14-13-18-12-8(3-1-2-6-20(12)19-13)7-4-5-9(15)11(17)10(7)16/h4-5,8,21H,1-3,6-7H2;4-5,8H,1-3,6H2. The van der Waals surface area contributed by atoms with Crippen molar-refractivity contribution >= 4 is 42.2 Å². The molecule has 220 valence electrons. The van der Waals surface area contributed by atoms with Crippen LogP contribution in [0.5, 0.6) is 0 Å². The summed E-state index contributed by atoms with van der Waals surface area (Å²) in [4.78, 5) is 4.25. The van der Waals surface area contributed by atoms with E-state index in [0.717, 1.165) is 25.0 Å². The fraction of sp³-hybridized carbons (Fsp3) is 0.407. The van der Waals surface area contributed by atoms with Gasteiger partial charge in [-0.3, -0.25) is 0 Å². The van der Waals surface area contributed by atoms with Gasteiger partial charge in [-0.2, -0.15) is 5.10 Å². The van der Waals surface area contributed by atoms with Crippen LogP contribution >= 0.6 is 31.9 Å². The van der Waals surface area contributed by atoms with Crippen LogP contribution in [0.1, 0.15) is 73.7 Å². The van der Waals surface area contributed by atoms with Crippen LogP contribution < -0.4 is 0 Å². The van der Waals surface area contributed by atoms with Gasteiger partial charge in [-0.25, -0.2) is 36.0 Å². The Kier molecular flexibility index (Phi) is 10.8. The summed E-state index contributed by atoms with van der Waals surface area (Å²) in [5, 5.41) is 20.9. The van der Waals surface area contributed by atoms with Crippen molar-refractivity contribution in [2.24, 2.45) is 10.2 Å². The number of aliphatic hydroxyl groups is 1. The van der Waals surface area contributed by atoms with E-state index in [4.69, 9.17) is 5.11 Å². The number of aliphatic hydroxyl groups excluding tert-OH is 1. The molecule has 2 aliphatic rings. The van der Waals surface area contributed by atoms with Crippen molar-refractivity contribution in [1.29, 1.82) is 0 Å². The summed E-state index contributed by atoms with van der Waals surface area (Å²) in [6.07, 6.45) is 4.45. The molecule has 2 atom stereocenters. The number of rotatable bonds is 7. The highest BCUT2D eigenvalue weighted by molar-refractivity contribution is 9.18. The third kappa shape index (κ3) is 7.26. The van der Waals surface area contributed by atoms with Gasteiger partial charge in [0.15, 0.2) is 34.9 Å². The Morgan fingerprint density at radius 3 is 2.27 bits per heavy atom. The van der Waals surface area contributed by atoms with E-state index >= 15 is 0 Å². The van der Waals surface area contributed by atoms with E-state index in [9.17, 15) is 26.3 Å². The fourth-order valence-electron chi connectivity index (χ4n) is 4.89. The zero-order chi connectivity index (χ0) is 29.7. The molecule has 0 fully saturated rings. The molecule has 5 rings (SSSR count). The first-order chi connectivity index (χ1) is 19.6. The van der Waals surface area contributed by atoms with Crippen molar-refractivity contribution in [3.8, 4) is 0 Å². The van der Waals surface area contributed by atoms with Crippen molar-refractivity contribution in [3.63, 3.8) is 0 Å². The number of unbranched alkanes of at least 4 members (excludes halogenated alkanes) is 1. The maximum absolute atomic E-state index is 14.0. The van der Waals surface area contributed by atoms with E-state index in [-0.39, 0.29) is 17.7 Å². The Bertz CT molecular complexity index is 1460. The Balaban J connectivity index is 0.000000189. The van der Waals surface area contributed by atoms with E-state index in [2.05, 4.69) is 52.1 Å². The van der Waals surface area contributed by atoms with E-state index in [1.807, 2.05) is 0 Å². The summed E-state index contributed by atoms with van der Waals surface area (Å²) in [6.45, 7) is 0.718. The molecule has 2 unspecified atom stereocenters. The number of halogens is 8. The molecule has 6 nitrogen and oxygen atoms in total. The quantitative estimate of drug-likeness (QED) is 0.156. The Labute approximate surface area is 248 Å². The molecular formula is C27H25Br2F6N5O. The highest BCUT2D eigenvalue weighted by atomic mass is 79.9. The summed E-state index contributed by atoms with van der Waals surface area (Å²) in [6, 6.07) is 4.40. The summed E-state index contributed by atoms with van der Waals surface area (Å²) in [5.74, 6) is -7.93. The lowest BCUT2D eigenvalue weighted by Crippen LogP contribution is -2.15. The number of hydrogen-bond acceptors (Lipinski definition) is 5. The second kappa shape index (κ2) is 14.1. The number of benzene rings is 2. The Hall–Kier alpha value is -2.58. The first kappa shape index (κ1) is 31.4. The molecule has 0 spiro atoms. The van der Waals surface area contributed by atoms with E-state index in [1.54, 1.807) is 4.68 Å². The zero-order valence-corrected chi connectivity index (χ0v) is 24.7. The molecule has 0 amide bonds. The van der Waals surface area contributed by atoms with Crippen LogP contribution in [0, 0.1) is 34.9 Å². The minimum absolute atomic E-state index is 0.0274. The number of aromatic nitrogens is 3. The third-order valence-electron chi connectivity index (χ3n) is 6.90. The van der Waals surface area contributed by atoms with Crippen LogP contribution in [0.25, 0.3) is 0 Å². The molecule has 2 aromatic carbocycles. The average Bonchev–Trinajstić information content (AvgIpc) is 3.49. The van der Waals surface area contributed by atoms with Gasteiger partial charge in [0, 0.05) is 37.0 Å². The van der Waals surface area contributed by atoms with Crippen molar-refractivity contribution in [2.45, 2.75) is 63.3 Å². The molecule has 41 heavy (non-hydrogen) atoms. The summed E-state index contributed by atoms with van der Waals surface area (Å²) in [7, 11) is 0. The fourth-order valence-corrected chi connectivity index (χ4v) is 5.63. The summed E-state index contributed by atoms with van der Waals surface area (Å²) in [5.41, 5.74) is 0.805. The van der Waals surface area contributed by atoms with Gasteiger partial charge in [0.05, 0.1) is 5.71 Å². The van der Waals surface area contributed by atoms with Gasteiger partial charge in [0.1, 0.15) is 10.4 Å². The molecular weight excluding hydrogens is 684 g/mol. The molecule has 2 aliphatic heterocycles. The Morgan fingerprint density at radius 1 is 0.878 bits per heavy atom. The summed E-state index contributed by atoms with van der Waals surface area (Å²) >= 11 is 6.41. The van der Waals surface area contributed by atoms with Gasteiger partial charge in [-0.05, 0) is 75.2 Å². The van der Waals surface area contributed by atoms with Gasteiger partial charge in [-0.15, -0.1) is 10.2 Å². The molecule has 3 heterocycles. The largest absolute Gasteiger partial charge is 0.396 e.